The van der Waals surface area contributed by atoms with Gasteiger partial charge in [0.05, 0.1) is 5.25 Å². The number of rotatable bonds is 7. The molecule has 0 aliphatic carbocycles. The molecule has 0 radical (unpaired) electrons. The number of benzene rings is 1. The van der Waals surface area contributed by atoms with Crippen molar-refractivity contribution in [2.24, 2.45) is 0 Å². The number of carboxylic acids is 1. The molecule has 0 amide bonds. The summed E-state index contributed by atoms with van der Waals surface area (Å²) in [6, 6.07) is 9.37. The molecule has 1 N–H and O–H groups in total. The lowest BCUT2D eigenvalue weighted by molar-refractivity contribution is -0.137. The number of carboxylic acid groups (broad SMARTS) is 1. The first-order valence-electron chi connectivity index (χ1n) is 6.46. The highest BCUT2D eigenvalue weighted by molar-refractivity contribution is 7.98. The van der Waals surface area contributed by atoms with Crippen molar-refractivity contribution in [2.75, 3.05) is 6.26 Å². The first-order chi connectivity index (χ1) is 10.1. The molecule has 0 fully saturated rings. The van der Waals surface area contributed by atoms with Crippen LogP contribution in [0.4, 0.5) is 0 Å². The molecular weight excluding hydrogens is 290 g/mol. The number of ether oxygens (including phenoxy) is 1. The maximum atomic E-state index is 10.9. The highest BCUT2D eigenvalue weighted by Crippen LogP contribution is 2.24. The summed E-state index contributed by atoms with van der Waals surface area (Å²) in [5.74, 6) is 0.920. The van der Waals surface area contributed by atoms with Crippen LogP contribution in [-0.2, 0) is 17.9 Å². The van der Waals surface area contributed by atoms with Gasteiger partial charge in [-0.3, -0.25) is 4.79 Å². The molecule has 0 saturated carbocycles. The first kappa shape index (κ1) is 15.4. The van der Waals surface area contributed by atoms with Crippen molar-refractivity contribution >= 4 is 17.7 Å². The molecule has 1 heterocycles. The topological polar surface area (TPSA) is 77.2 Å². The normalized spacial score (nSPS) is 12.1. The van der Waals surface area contributed by atoms with E-state index in [1.165, 1.54) is 4.68 Å². The average molecular weight is 307 g/mol. The van der Waals surface area contributed by atoms with Crippen LogP contribution in [0.25, 0.3) is 0 Å². The number of hydrogen-bond acceptors (Lipinski definition) is 5. The predicted octanol–water partition coefficient (Wildman–Crippen LogP) is 2.37. The maximum absolute atomic E-state index is 10.9. The molecule has 1 atom stereocenters. The lowest BCUT2D eigenvalue weighted by atomic mass is 10.3. The van der Waals surface area contributed by atoms with Crippen molar-refractivity contribution in [3.63, 3.8) is 0 Å². The van der Waals surface area contributed by atoms with E-state index in [1.54, 1.807) is 11.8 Å². The third-order valence-electron chi connectivity index (χ3n) is 2.86. The zero-order valence-electron chi connectivity index (χ0n) is 11.9. The van der Waals surface area contributed by atoms with Gasteiger partial charge in [-0.05, 0) is 25.3 Å². The van der Waals surface area contributed by atoms with E-state index in [-0.39, 0.29) is 18.4 Å². The lowest BCUT2D eigenvalue weighted by Gasteiger charge is -2.07. The van der Waals surface area contributed by atoms with E-state index in [0.717, 1.165) is 5.75 Å². The maximum Gasteiger partial charge on any atom is 0.325 e. The number of carbonyl (C=O) groups is 1. The van der Waals surface area contributed by atoms with Crippen LogP contribution >= 0.6 is 11.8 Å². The predicted molar refractivity (Wildman–Crippen MR) is 80.4 cm³/mol. The van der Waals surface area contributed by atoms with Gasteiger partial charge in [0.1, 0.15) is 24.7 Å². The van der Waals surface area contributed by atoms with Crippen molar-refractivity contribution in [2.45, 2.75) is 25.3 Å². The zero-order valence-corrected chi connectivity index (χ0v) is 12.7. The van der Waals surface area contributed by atoms with E-state index in [0.29, 0.717) is 11.6 Å². The summed E-state index contributed by atoms with van der Waals surface area (Å²) in [6.45, 7) is 1.98. The summed E-state index contributed by atoms with van der Waals surface area (Å²) in [4.78, 5) is 15.3. The quantitative estimate of drug-likeness (QED) is 0.846. The third-order valence-corrected chi connectivity index (χ3v) is 3.78. The molecule has 0 bridgehead atoms. The van der Waals surface area contributed by atoms with Gasteiger partial charge >= 0.3 is 5.97 Å². The number of hydrogen-bond donors (Lipinski definition) is 1. The van der Waals surface area contributed by atoms with Gasteiger partial charge in [-0.15, -0.1) is 0 Å². The number of nitrogens with zero attached hydrogens (tertiary/aromatic N) is 3. The minimum atomic E-state index is -0.940. The van der Waals surface area contributed by atoms with E-state index in [2.05, 4.69) is 10.1 Å². The Hall–Kier alpha value is -2.02. The fourth-order valence-corrected chi connectivity index (χ4v) is 2.16. The number of thioether (sulfide) groups is 1. The Bertz CT molecular complexity index is 601. The monoisotopic (exact) mass is 307 g/mol. The second-order valence-electron chi connectivity index (χ2n) is 4.42. The van der Waals surface area contributed by atoms with Gasteiger partial charge in [-0.1, -0.05) is 18.2 Å². The van der Waals surface area contributed by atoms with Crippen LogP contribution in [0.1, 0.15) is 23.8 Å². The van der Waals surface area contributed by atoms with Gasteiger partial charge in [0.15, 0.2) is 5.82 Å². The van der Waals surface area contributed by atoms with Crippen LogP contribution in [0.2, 0.25) is 0 Å². The number of para-hydroxylation sites is 1. The Balaban J connectivity index is 2.12. The summed E-state index contributed by atoms with van der Waals surface area (Å²) in [7, 11) is 0. The van der Waals surface area contributed by atoms with E-state index in [9.17, 15) is 4.79 Å². The summed E-state index contributed by atoms with van der Waals surface area (Å²) in [5.41, 5.74) is 0. The highest BCUT2D eigenvalue weighted by atomic mass is 32.2. The van der Waals surface area contributed by atoms with Gasteiger partial charge in [0.25, 0.3) is 0 Å². The van der Waals surface area contributed by atoms with Gasteiger partial charge < -0.3 is 9.84 Å². The Labute approximate surface area is 127 Å². The molecule has 1 aromatic heterocycles. The van der Waals surface area contributed by atoms with E-state index < -0.39 is 5.97 Å². The van der Waals surface area contributed by atoms with Crippen LogP contribution < -0.4 is 4.74 Å². The summed E-state index contributed by atoms with van der Waals surface area (Å²) in [6.07, 6.45) is 1.95. The molecule has 6 nitrogen and oxygen atoms in total. The molecule has 2 rings (SSSR count). The van der Waals surface area contributed by atoms with E-state index in [1.807, 2.05) is 43.5 Å². The molecule has 7 heteroatoms. The van der Waals surface area contributed by atoms with Crippen molar-refractivity contribution in [3.05, 3.63) is 42.0 Å². The SMILES string of the molecule is CSC(C)c1nc(COc2ccccc2)nn1CC(=O)O. The molecular formula is C14H17N3O3S. The smallest absolute Gasteiger partial charge is 0.325 e. The molecule has 0 aliphatic rings. The molecule has 0 spiro atoms. The number of aliphatic carboxylic acids is 1. The standard InChI is InChI=1S/C14H17N3O3S/c1-10(21-2)14-15-12(16-17(14)8-13(18)19)9-20-11-6-4-3-5-7-11/h3-7,10H,8-9H2,1-2H3,(H,18,19). The Morgan fingerprint density at radius 1 is 1.43 bits per heavy atom. The van der Waals surface area contributed by atoms with Crippen molar-refractivity contribution in [1.29, 1.82) is 0 Å². The van der Waals surface area contributed by atoms with Crippen LogP contribution in [-0.4, -0.2) is 32.1 Å². The lowest BCUT2D eigenvalue weighted by Crippen LogP contribution is -2.14. The summed E-state index contributed by atoms with van der Waals surface area (Å²) >= 11 is 1.59. The van der Waals surface area contributed by atoms with Gasteiger partial charge in [-0.2, -0.15) is 16.9 Å². The average Bonchev–Trinajstić information content (AvgIpc) is 2.87. The summed E-state index contributed by atoms with van der Waals surface area (Å²) in [5, 5.41) is 13.2. The highest BCUT2D eigenvalue weighted by Gasteiger charge is 2.17. The minimum absolute atomic E-state index is 0.0716. The van der Waals surface area contributed by atoms with Crippen LogP contribution in [0, 0.1) is 0 Å². The van der Waals surface area contributed by atoms with Crippen molar-refractivity contribution in [3.8, 4) is 5.75 Å². The summed E-state index contributed by atoms with van der Waals surface area (Å²) < 4.78 is 7.01. The fraction of sp³-hybridized carbons (Fsp3) is 0.357. The number of aromatic nitrogens is 3. The van der Waals surface area contributed by atoms with Crippen LogP contribution in [0.3, 0.4) is 0 Å². The largest absolute Gasteiger partial charge is 0.486 e. The minimum Gasteiger partial charge on any atom is -0.486 e. The fourth-order valence-electron chi connectivity index (χ4n) is 1.78. The molecule has 2 aromatic rings. The van der Waals surface area contributed by atoms with Crippen LogP contribution in [0.5, 0.6) is 5.75 Å². The molecule has 1 unspecified atom stereocenters. The van der Waals surface area contributed by atoms with Crippen molar-refractivity contribution in [1.82, 2.24) is 14.8 Å². The van der Waals surface area contributed by atoms with Gasteiger partial charge in [-0.25, -0.2) is 9.67 Å². The second kappa shape index (κ2) is 7.12. The van der Waals surface area contributed by atoms with E-state index in [4.69, 9.17) is 9.84 Å². The molecule has 112 valence electrons. The van der Waals surface area contributed by atoms with Gasteiger partial charge in [0.2, 0.25) is 0 Å². The molecule has 21 heavy (non-hydrogen) atoms. The van der Waals surface area contributed by atoms with E-state index >= 15 is 0 Å². The van der Waals surface area contributed by atoms with Gasteiger partial charge in [0, 0.05) is 0 Å². The molecule has 0 aliphatic heterocycles. The Morgan fingerprint density at radius 3 is 2.76 bits per heavy atom. The van der Waals surface area contributed by atoms with Crippen LogP contribution in [0.15, 0.2) is 30.3 Å². The molecule has 1 aromatic carbocycles. The zero-order chi connectivity index (χ0) is 15.2. The first-order valence-corrected chi connectivity index (χ1v) is 7.75. The van der Waals surface area contributed by atoms with Crippen molar-refractivity contribution < 1.29 is 14.6 Å². The Kier molecular flexibility index (Phi) is 5.21. The third kappa shape index (κ3) is 4.22. The Morgan fingerprint density at radius 2 is 2.14 bits per heavy atom. The second-order valence-corrected chi connectivity index (χ2v) is 5.60. The molecule has 0 saturated heterocycles.